The molecule has 0 saturated heterocycles. The first-order valence-corrected chi connectivity index (χ1v) is 8.91. The Morgan fingerprint density at radius 3 is 2.67 bits per heavy atom. The van der Waals surface area contributed by atoms with E-state index < -0.39 is 0 Å². The summed E-state index contributed by atoms with van der Waals surface area (Å²) in [7, 11) is 0. The summed E-state index contributed by atoms with van der Waals surface area (Å²) in [5.74, 6) is 0.0160. The second kappa shape index (κ2) is 7.63. The van der Waals surface area contributed by atoms with Crippen molar-refractivity contribution in [1.29, 1.82) is 0 Å². The second-order valence-electron chi connectivity index (χ2n) is 6.57. The van der Waals surface area contributed by atoms with Gasteiger partial charge in [-0.05, 0) is 61.4 Å². The van der Waals surface area contributed by atoms with Crippen LogP contribution in [0, 0.1) is 0 Å². The molecule has 0 aliphatic heterocycles. The van der Waals surface area contributed by atoms with Crippen molar-refractivity contribution in [2.45, 2.75) is 51.6 Å². The van der Waals surface area contributed by atoms with Gasteiger partial charge in [0.25, 0.3) is 0 Å². The van der Waals surface area contributed by atoms with Crippen LogP contribution in [0.2, 0.25) is 0 Å². The molecule has 126 valence electrons. The number of hydrogen-bond acceptors (Lipinski definition) is 2. The summed E-state index contributed by atoms with van der Waals surface area (Å²) in [5, 5.41) is 6.51. The molecule has 24 heavy (non-hydrogen) atoms. The average molecular weight is 322 g/mol. The number of carbonyl (C=O) groups is 1. The van der Waals surface area contributed by atoms with Gasteiger partial charge in [0.1, 0.15) is 0 Å². The minimum atomic E-state index is -0.230. The fourth-order valence-electron chi connectivity index (χ4n) is 3.38. The number of fused-ring (bicyclic) bond motifs is 1. The Morgan fingerprint density at radius 2 is 1.92 bits per heavy atom. The molecule has 1 aliphatic rings. The van der Waals surface area contributed by atoms with Crippen LogP contribution in [0.25, 0.3) is 0 Å². The highest BCUT2D eigenvalue weighted by Crippen LogP contribution is 2.29. The molecule has 0 saturated carbocycles. The van der Waals surface area contributed by atoms with E-state index in [1.165, 1.54) is 23.1 Å². The van der Waals surface area contributed by atoms with E-state index in [1.807, 2.05) is 19.1 Å². The van der Waals surface area contributed by atoms with Crippen molar-refractivity contribution in [3.05, 3.63) is 65.2 Å². The Kier molecular flexibility index (Phi) is 5.31. The summed E-state index contributed by atoms with van der Waals surface area (Å²) in [6, 6.07) is 16.7. The molecule has 2 aromatic carbocycles. The molecule has 0 heterocycles. The van der Waals surface area contributed by atoms with Crippen LogP contribution in [0.3, 0.4) is 0 Å². The number of hydrogen-bond donors (Lipinski definition) is 2. The van der Waals surface area contributed by atoms with Crippen LogP contribution >= 0.6 is 0 Å². The van der Waals surface area contributed by atoms with Crippen LogP contribution in [0.15, 0.2) is 48.5 Å². The molecule has 1 aliphatic carbocycles. The average Bonchev–Trinajstić information content (AvgIpc) is 2.62. The number of aryl methyl sites for hydroxylation is 2. The normalized spacial score (nSPS) is 17.8. The molecule has 3 nitrogen and oxygen atoms in total. The van der Waals surface area contributed by atoms with Crippen LogP contribution in [-0.4, -0.2) is 11.9 Å². The summed E-state index contributed by atoms with van der Waals surface area (Å²) in [6.07, 6.45) is 4.40. The minimum absolute atomic E-state index is 0.0160. The molecule has 0 unspecified atom stereocenters. The van der Waals surface area contributed by atoms with Gasteiger partial charge >= 0.3 is 0 Å². The predicted octanol–water partition coefficient (Wildman–Crippen LogP) is 4.24. The van der Waals surface area contributed by atoms with Gasteiger partial charge in [0.15, 0.2) is 0 Å². The Hall–Kier alpha value is -2.13. The van der Waals surface area contributed by atoms with Gasteiger partial charge in [-0.3, -0.25) is 10.1 Å². The fourth-order valence-corrected chi connectivity index (χ4v) is 3.38. The third kappa shape index (κ3) is 3.85. The lowest BCUT2D eigenvalue weighted by Gasteiger charge is -2.29. The number of anilines is 1. The lowest BCUT2D eigenvalue weighted by molar-refractivity contribution is -0.118. The number of benzene rings is 2. The first-order valence-electron chi connectivity index (χ1n) is 8.91. The zero-order valence-electron chi connectivity index (χ0n) is 14.5. The van der Waals surface area contributed by atoms with Gasteiger partial charge in [0, 0.05) is 11.7 Å². The fraction of sp³-hybridized carbons (Fsp3) is 0.381. The molecule has 2 atom stereocenters. The van der Waals surface area contributed by atoms with Crippen LogP contribution in [-0.2, 0) is 17.6 Å². The van der Waals surface area contributed by atoms with E-state index in [-0.39, 0.29) is 18.0 Å². The number of rotatable bonds is 5. The third-order valence-corrected chi connectivity index (χ3v) is 4.84. The summed E-state index contributed by atoms with van der Waals surface area (Å²) in [5.41, 5.74) is 4.88. The molecule has 1 amide bonds. The minimum Gasteiger partial charge on any atom is -0.325 e. The Labute approximate surface area is 144 Å². The molecule has 0 radical (unpaired) electrons. The van der Waals surface area contributed by atoms with Crippen molar-refractivity contribution in [3.63, 3.8) is 0 Å². The van der Waals surface area contributed by atoms with Gasteiger partial charge in [-0.15, -0.1) is 0 Å². The molecule has 3 rings (SSSR count). The Balaban J connectivity index is 1.62. The van der Waals surface area contributed by atoms with E-state index in [0.29, 0.717) is 0 Å². The molecule has 0 fully saturated rings. The lowest BCUT2D eigenvalue weighted by atomic mass is 9.87. The molecule has 0 spiro atoms. The summed E-state index contributed by atoms with van der Waals surface area (Å²) >= 11 is 0. The zero-order chi connectivity index (χ0) is 16.9. The summed E-state index contributed by atoms with van der Waals surface area (Å²) < 4.78 is 0. The van der Waals surface area contributed by atoms with Crippen molar-refractivity contribution in [2.24, 2.45) is 0 Å². The Morgan fingerprint density at radius 1 is 1.17 bits per heavy atom. The van der Waals surface area contributed by atoms with Gasteiger partial charge in [0.05, 0.1) is 6.04 Å². The van der Waals surface area contributed by atoms with E-state index in [1.54, 1.807) is 0 Å². The first kappa shape index (κ1) is 16.7. The molecule has 0 bridgehead atoms. The molecule has 2 N–H and O–H groups in total. The van der Waals surface area contributed by atoms with E-state index in [2.05, 4.69) is 54.0 Å². The van der Waals surface area contributed by atoms with Crippen molar-refractivity contribution in [1.82, 2.24) is 5.32 Å². The van der Waals surface area contributed by atoms with E-state index in [9.17, 15) is 4.79 Å². The SMILES string of the molecule is CCc1ccc(NC(=O)[C@@H](C)N[C@H]2CCCc3ccccc32)cc1. The number of carbonyl (C=O) groups excluding carboxylic acids is 1. The first-order chi connectivity index (χ1) is 11.7. The van der Waals surface area contributed by atoms with Crippen molar-refractivity contribution >= 4 is 11.6 Å². The maximum Gasteiger partial charge on any atom is 0.241 e. The summed E-state index contributed by atoms with van der Waals surface area (Å²) in [6.45, 7) is 4.06. The van der Waals surface area contributed by atoms with Crippen LogP contribution in [0.5, 0.6) is 0 Å². The van der Waals surface area contributed by atoms with Crippen LogP contribution < -0.4 is 10.6 Å². The predicted molar refractivity (Wildman–Crippen MR) is 99.2 cm³/mol. The van der Waals surface area contributed by atoms with Crippen LogP contribution in [0.1, 0.15) is 49.4 Å². The second-order valence-corrected chi connectivity index (χ2v) is 6.57. The van der Waals surface area contributed by atoms with Crippen LogP contribution in [0.4, 0.5) is 5.69 Å². The topological polar surface area (TPSA) is 41.1 Å². The van der Waals surface area contributed by atoms with E-state index >= 15 is 0 Å². The largest absolute Gasteiger partial charge is 0.325 e. The molecule has 3 heteroatoms. The maximum absolute atomic E-state index is 12.5. The Bertz CT molecular complexity index is 693. The van der Waals surface area contributed by atoms with Crippen molar-refractivity contribution in [2.75, 3.05) is 5.32 Å². The van der Waals surface area contributed by atoms with Gasteiger partial charge in [-0.2, -0.15) is 0 Å². The smallest absolute Gasteiger partial charge is 0.241 e. The van der Waals surface area contributed by atoms with Gasteiger partial charge in [0.2, 0.25) is 5.91 Å². The maximum atomic E-state index is 12.5. The monoisotopic (exact) mass is 322 g/mol. The zero-order valence-corrected chi connectivity index (χ0v) is 14.5. The van der Waals surface area contributed by atoms with Gasteiger partial charge in [-0.1, -0.05) is 43.3 Å². The third-order valence-electron chi connectivity index (χ3n) is 4.84. The standard InChI is InChI=1S/C21H26N2O/c1-3-16-11-13-18(14-12-16)23-21(24)15(2)22-20-10-6-8-17-7-4-5-9-19(17)20/h4-5,7,9,11-15,20,22H,3,6,8,10H2,1-2H3,(H,23,24)/t15-,20+/m1/s1. The van der Waals surface area contributed by atoms with E-state index in [4.69, 9.17) is 0 Å². The highest BCUT2D eigenvalue weighted by molar-refractivity contribution is 5.94. The quantitative estimate of drug-likeness (QED) is 0.864. The van der Waals surface area contributed by atoms with Gasteiger partial charge in [-0.25, -0.2) is 0 Å². The number of amides is 1. The highest BCUT2D eigenvalue weighted by Gasteiger charge is 2.23. The highest BCUT2D eigenvalue weighted by atomic mass is 16.2. The summed E-state index contributed by atoms with van der Waals surface area (Å²) in [4.78, 5) is 12.5. The molecule has 2 aromatic rings. The molecule has 0 aromatic heterocycles. The van der Waals surface area contributed by atoms with Crippen molar-refractivity contribution in [3.8, 4) is 0 Å². The lowest BCUT2D eigenvalue weighted by Crippen LogP contribution is -2.41. The van der Waals surface area contributed by atoms with Crippen molar-refractivity contribution < 1.29 is 4.79 Å². The molecular formula is C21H26N2O. The van der Waals surface area contributed by atoms with E-state index in [0.717, 1.165) is 24.9 Å². The van der Waals surface area contributed by atoms with Gasteiger partial charge < -0.3 is 5.32 Å². The molecular weight excluding hydrogens is 296 g/mol. The number of nitrogens with one attached hydrogen (secondary N) is 2.